The van der Waals surface area contributed by atoms with Crippen LogP contribution in [-0.4, -0.2) is 30.0 Å². The number of aromatic nitrogens is 1. The van der Waals surface area contributed by atoms with E-state index in [1.807, 2.05) is 19.1 Å². The van der Waals surface area contributed by atoms with Crippen LogP contribution in [0.5, 0.6) is 0 Å². The molecule has 1 heterocycles. The molecule has 0 saturated carbocycles. The molecule has 0 bridgehead atoms. The van der Waals surface area contributed by atoms with Gasteiger partial charge in [0.2, 0.25) is 5.91 Å². The van der Waals surface area contributed by atoms with Gasteiger partial charge < -0.3 is 10.1 Å². The van der Waals surface area contributed by atoms with E-state index >= 15 is 0 Å². The van der Waals surface area contributed by atoms with Crippen molar-refractivity contribution in [2.75, 3.05) is 7.11 Å². The van der Waals surface area contributed by atoms with E-state index in [2.05, 4.69) is 15.0 Å². The van der Waals surface area contributed by atoms with Gasteiger partial charge in [0.15, 0.2) is 0 Å². The number of methoxy groups -OCH3 is 1. The van der Waals surface area contributed by atoms with Gasteiger partial charge in [-0.05, 0) is 17.7 Å². The van der Waals surface area contributed by atoms with Crippen LogP contribution in [0.25, 0.3) is 0 Å². The zero-order valence-electron chi connectivity index (χ0n) is 10.1. The van der Waals surface area contributed by atoms with Gasteiger partial charge in [0.05, 0.1) is 7.11 Å². The molecule has 0 spiro atoms. The normalized spacial score (nSPS) is 13.6. The Morgan fingerprint density at radius 3 is 2.41 bits per heavy atom. The fourth-order valence-electron chi connectivity index (χ4n) is 1.59. The third kappa shape index (κ3) is 3.55. The molecule has 17 heavy (non-hydrogen) atoms. The van der Waals surface area contributed by atoms with Crippen molar-refractivity contribution in [2.24, 2.45) is 0 Å². The van der Waals surface area contributed by atoms with E-state index < -0.39 is 12.0 Å². The van der Waals surface area contributed by atoms with Gasteiger partial charge in [-0.3, -0.25) is 9.78 Å². The quantitative estimate of drug-likeness (QED) is 0.787. The van der Waals surface area contributed by atoms with E-state index in [0.717, 1.165) is 5.56 Å². The van der Waals surface area contributed by atoms with Crippen LogP contribution in [0.3, 0.4) is 0 Å². The number of hydrogen-bond acceptors (Lipinski definition) is 4. The summed E-state index contributed by atoms with van der Waals surface area (Å²) in [6.45, 7) is 3.22. The van der Waals surface area contributed by atoms with Crippen molar-refractivity contribution in [3.8, 4) is 0 Å². The first-order valence-corrected chi connectivity index (χ1v) is 5.31. The predicted octanol–water partition coefficient (Wildman–Crippen LogP) is 0.863. The van der Waals surface area contributed by atoms with Crippen molar-refractivity contribution >= 4 is 11.9 Å². The van der Waals surface area contributed by atoms with E-state index in [1.54, 1.807) is 12.4 Å². The maximum atomic E-state index is 11.6. The van der Waals surface area contributed by atoms with E-state index in [0.29, 0.717) is 0 Å². The Labute approximate surface area is 100 Å². The summed E-state index contributed by atoms with van der Waals surface area (Å²) in [5, 5.41) is 2.59. The van der Waals surface area contributed by atoms with Gasteiger partial charge in [-0.1, -0.05) is 6.92 Å². The molecule has 2 atom stereocenters. The van der Waals surface area contributed by atoms with Crippen molar-refractivity contribution in [2.45, 2.75) is 25.8 Å². The minimum Gasteiger partial charge on any atom is -0.467 e. The smallest absolute Gasteiger partial charge is 0.328 e. The SMILES string of the molecule is COC(=O)C(NC(C)=O)C(C)c1ccncc1. The molecule has 92 valence electrons. The number of esters is 1. The van der Waals surface area contributed by atoms with Crippen molar-refractivity contribution in [3.05, 3.63) is 30.1 Å². The summed E-state index contributed by atoms with van der Waals surface area (Å²) in [7, 11) is 1.30. The van der Waals surface area contributed by atoms with Gasteiger partial charge in [0, 0.05) is 25.2 Å². The van der Waals surface area contributed by atoms with E-state index in [1.165, 1.54) is 14.0 Å². The molecule has 0 aliphatic carbocycles. The molecule has 1 N–H and O–H groups in total. The van der Waals surface area contributed by atoms with Crippen molar-refractivity contribution in [3.63, 3.8) is 0 Å². The average Bonchev–Trinajstić information content (AvgIpc) is 2.35. The number of ether oxygens (including phenoxy) is 1. The second kappa shape index (κ2) is 5.98. The summed E-state index contributed by atoms with van der Waals surface area (Å²) in [5.74, 6) is -0.889. The summed E-state index contributed by atoms with van der Waals surface area (Å²) in [4.78, 5) is 26.6. The van der Waals surface area contributed by atoms with Gasteiger partial charge in [0.25, 0.3) is 0 Å². The number of amides is 1. The molecule has 1 aromatic heterocycles. The standard InChI is InChI=1S/C12H16N2O3/c1-8(10-4-6-13-7-5-10)11(12(16)17-3)14-9(2)15/h4-8,11H,1-3H3,(H,14,15). The minimum atomic E-state index is -0.681. The highest BCUT2D eigenvalue weighted by Crippen LogP contribution is 2.19. The second-order valence-corrected chi connectivity index (χ2v) is 3.77. The highest BCUT2D eigenvalue weighted by atomic mass is 16.5. The van der Waals surface area contributed by atoms with Crippen LogP contribution in [0.4, 0.5) is 0 Å². The summed E-state index contributed by atoms with van der Waals surface area (Å²) in [5.41, 5.74) is 0.921. The number of pyridine rings is 1. The molecule has 0 aliphatic heterocycles. The van der Waals surface area contributed by atoms with Gasteiger partial charge in [-0.25, -0.2) is 4.79 Å². The number of nitrogens with one attached hydrogen (secondary N) is 1. The van der Waals surface area contributed by atoms with Crippen LogP contribution in [0.2, 0.25) is 0 Å². The highest BCUT2D eigenvalue weighted by Gasteiger charge is 2.27. The van der Waals surface area contributed by atoms with Crippen molar-refractivity contribution in [1.29, 1.82) is 0 Å². The van der Waals surface area contributed by atoms with Crippen LogP contribution in [0.1, 0.15) is 25.3 Å². The molecule has 0 fully saturated rings. The fraction of sp³-hybridized carbons (Fsp3) is 0.417. The molecular weight excluding hydrogens is 220 g/mol. The van der Waals surface area contributed by atoms with E-state index in [-0.39, 0.29) is 11.8 Å². The van der Waals surface area contributed by atoms with Gasteiger partial charge in [-0.15, -0.1) is 0 Å². The van der Waals surface area contributed by atoms with Crippen LogP contribution in [0, 0.1) is 0 Å². The molecule has 0 aliphatic rings. The first-order chi connectivity index (χ1) is 8.06. The maximum Gasteiger partial charge on any atom is 0.328 e. The number of nitrogens with zero attached hydrogens (tertiary/aromatic N) is 1. The zero-order chi connectivity index (χ0) is 12.8. The Kier molecular flexibility index (Phi) is 4.63. The molecule has 0 radical (unpaired) electrons. The van der Waals surface area contributed by atoms with Crippen LogP contribution in [0.15, 0.2) is 24.5 Å². The largest absolute Gasteiger partial charge is 0.467 e. The van der Waals surface area contributed by atoms with Gasteiger partial charge in [-0.2, -0.15) is 0 Å². The Bertz CT molecular complexity index is 392. The number of carbonyl (C=O) groups is 2. The molecule has 0 aromatic carbocycles. The monoisotopic (exact) mass is 236 g/mol. The molecule has 1 rings (SSSR count). The lowest BCUT2D eigenvalue weighted by Gasteiger charge is -2.22. The number of carbonyl (C=O) groups excluding carboxylic acids is 2. The van der Waals surface area contributed by atoms with Gasteiger partial charge in [0.1, 0.15) is 6.04 Å². The van der Waals surface area contributed by atoms with E-state index in [9.17, 15) is 9.59 Å². The zero-order valence-corrected chi connectivity index (χ0v) is 10.1. The Hall–Kier alpha value is -1.91. The Morgan fingerprint density at radius 1 is 1.35 bits per heavy atom. The van der Waals surface area contributed by atoms with Crippen molar-refractivity contribution in [1.82, 2.24) is 10.3 Å². The van der Waals surface area contributed by atoms with Gasteiger partial charge >= 0.3 is 5.97 Å². The lowest BCUT2D eigenvalue weighted by atomic mass is 9.94. The second-order valence-electron chi connectivity index (χ2n) is 3.77. The third-order valence-corrected chi connectivity index (χ3v) is 2.55. The predicted molar refractivity (Wildman–Crippen MR) is 62.3 cm³/mol. The molecule has 1 aromatic rings. The first-order valence-electron chi connectivity index (χ1n) is 5.31. The molecule has 1 amide bonds. The molecule has 0 saturated heterocycles. The Balaban J connectivity index is 2.90. The van der Waals surface area contributed by atoms with Crippen LogP contribution >= 0.6 is 0 Å². The number of hydrogen-bond donors (Lipinski definition) is 1. The summed E-state index contributed by atoms with van der Waals surface area (Å²) in [6.07, 6.45) is 3.29. The molecule has 2 unspecified atom stereocenters. The van der Waals surface area contributed by atoms with Crippen molar-refractivity contribution < 1.29 is 14.3 Å². The fourth-order valence-corrected chi connectivity index (χ4v) is 1.59. The molecular formula is C12H16N2O3. The lowest BCUT2D eigenvalue weighted by Crippen LogP contribution is -2.43. The Morgan fingerprint density at radius 2 is 1.94 bits per heavy atom. The number of rotatable bonds is 4. The average molecular weight is 236 g/mol. The minimum absolute atomic E-state index is 0.172. The maximum absolute atomic E-state index is 11.6. The summed E-state index contributed by atoms with van der Waals surface area (Å²) >= 11 is 0. The first kappa shape index (κ1) is 13.2. The summed E-state index contributed by atoms with van der Waals surface area (Å²) in [6, 6.07) is 2.94. The molecule has 5 heteroatoms. The lowest BCUT2D eigenvalue weighted by molar-refractivity contribution is -0.145. The molecule has 5 nitrogen and oxygen atoms in total. The third-order valence-electron chi connectivity index (χ3n) is 2.55. The van der Waals surface area contributed by atoms with Crippen LogP contribution < -0.4 is 5.32 Å². The highest BCUT2D eigenvalue weighted by molar-refractivity contribution is 5.84. The van der Waals surface area contributed by atoms with E-state index in [4.69, 9.17) is 0 Å². The van der Waals surface area contributed by atoms with Crippen LogP contribution in [-0.2, 0) is 14.3 Å². The topological polar surface area (TPSA) is 68.3 Å². The summed E-state index contributed by atoms with van der Waals surface area (Å²) < 4.78 is 4.69.